The molecular weight excluding hydrogens is 268 g/mol. The normalized spacial score (nSPS) is 12.1. The van der Waals surface area contributed by atoms with Crippen LogP contribution in [0, 0.1) is 0 Å². The van der Waals surface area contributed by atoms with E-state index < -0.39 is 17.9 Å². The number of carboxylic acid groups (broad SMARTS) is 1. The SMILES string of the molecule is CC[C@H](NC(=O)c1cc(-c2cccs2)on1)C(=O)O. The van der Waals surface area contributed by atoms with Crippen LogP contribution in [-0.2, 0) is 4.79 Å². The van der Waals surface area contributed by atoms with Gasteiger partial charge >= 0.3 is 5.97 Å². The van der Waals surface area contributed by atoms with Crippen LogP contribution in [0.4, 0.5) is 0 Å². The van der Waals surface area contributed by atoms with Crippen LogP contribution in [0.3, 0.4) is 0 Å². The van der Waals surface area contributed by atoms with E-state index in [1.807, 2.05) is 17.5 Å². The van der Waals surface area contributed by atoms with Crippen LogP contribution >= 0.6 is 11.3 Å². The van der Waals surface area contributed by atoms with Crippen molar-refractivity contribution in [1.82, 2.24) is 10.5 Å². The molecule has 1 amide bonds. The molecule has 2 aromatic heterocycles. The molecule has 6 nitrogen and oxygen atoms in total. The molecule has 0 bridgehead atoms. The Morgan fingerprint density at radius 3 is 2.95 bits per heavy atom. The number of amides is 1. The lowest BCUT2D eigenvalue weighted by atomic mass is 10.2. The molecule has 0 unspecified atom stereocenters. The number of carbonyl (C=O) groups is 2. The Morgan fingerprint density at radius 1 is 1.58 bits per heavy atom. The first kappa shape index (κ1) is 13.3. The fourth-order valence-corrected chi connectivity index (χ4v) is 2.16. The van der Waals surface area contributed by atoms with Crippen LogP contribution in [0.1, 0.15) is 23.8 Å². The van der Waals surface area contributed by atoms with Crippen molar-refractivity contribution in [3.63, 3.8) is 0 Å². The smallest absolute Gasteiger partial charge is 0.326 e. The summed E-state index contributed by atoms with van der Waals surface area (Å²) in [6.45, 7) is 1.68. The maximum Gasteiger partial charge on any atom is 0.326 e. The highest BCUT2D eigenvalue weighted by Gasteiger charge is 2.21. The number of aromatic nitrogens is 1. The number of rotatable bonds is 5. The molecule has 0 saturated carbocycles. The van der Waals surface area contributed by atoms with Crippen molar-refractivity contribution in [2.45, 2.75) is 19.4 Å². The summed E-state index contributed by atoms with van der Waals surface area (Å²) >= 11 is 1.46. The van der Waals surface area contributed by atoms with Crippen molar-refractivity contribution in [2.75, 3.05) is 0 Å². The molecule has 1 atom stereocenters. The predicted molar refractivity (Wildman–Crippen MR) is 69.0 cm³/mol. The van der Waals surface area contributed by atoms with E-state index >= 15 is 0 Å². The summed E-state index contributed by atoms with van der Waals surface area (Å²) in [7, 11) is 0. The van der Waals surface area contributed by atoms with Gasteiger partial charge < -0.3 is 14.9 Å². The second-order valence-corrected chi connectivity index (χ2v) is 4.77. The monoisotopic (exact) mass is 280 g/mol. The Balaban J connectivity index is 2.10. The lowest BCUT2D eigenvalue weighted by Crippen LogP contribution is -2.40. The van der Waals surface area contributed by atoms with E-state index in [1.54, 1.807) is 6.92 Å². The van der Waals surface area contributed by atoms with Crippen LogP contribution in [0.2, 0.25) is 0 Å². The number of aliphatic carboxylic acids is 1. The Kier molecular flexibility index (Phi) is 3.96. The first-order valence-corrected chi connectivity index (χ1v) is 6.54. The fourth-order valence-electron chi connectivity index (χ4n) is 1.49. The minimum absolute atomic E-state index is 0.0723. The van der Waals surface area contributed by atoms with Gasteiger partial charge in [-0.15, -0.1) is 11.3 Å². The molecule has 2 aromatic rings. The number of thiophene rings is 1. The molecule has 2 N–H and O–H groups in total. The summed E-state index contributed by atoms with van der Waals surface area (Å²) < 4.78 is 5.06. The predicted octanol–water partition coefficient (Wildman–Crippen LogP) is 2.00. The van der Waals surface area contributed by atoms with Gasteiger partial charge in [0.25, 0.3) is 5.91 Å². The highest BCUT2D eigenvalue weighted by atomic mass is 32.1. The van der Waals surface area contributed by atoms with Crippen LogP contribution in [0.25, 0.3) is 10.6 Å². The average molecular weight is 280 g/mol. The molecule has 0 aliphatic heterocycles. The van der Waals surface area contributed by atoms with Gasteiger partial charge in [-0.25, -0.2) is 4.79 Å². The Bertz CT molecular complexity index is 576. The summed E-state index contributed by atoms with van der Waals surface area (Å²) in [5.74, 6) is -1.14. The first-order valence-electron chi connectivity index (χ1n) is 5.66. The standard InChI is InChI=1S/C12H12N2O4S/c1-2-7(12(16)17)13-11(15)8-6-9(18-14-8)10-4-3-5-19-10/h3-7H,2H2,1H3,(H,13,15)(H,16,17)/t7-/m0/s1. The highest BCUT2D eigenvalue weighted by Crippen LogP contribution is 2.25. The molecule has 2 rings (SSSR count). The number of nitrogens with one attached hydrogen (secondary N) is 1. The lowest BCUT2D eigenvalue weighted by Gasteiger charge is -2.10. The van der Waals surface area contributed by atoms with Gasteiger partial charge in [-0.3, -0.25) is 4.79 Å². The third-order valence-corrected chi connectivity index (χ3v) is 3.40. The van der Waals surface area contributed by atoms with Gasteiger partial charge in [0.1, 0.15) is 6.04 Å². The molecule has 0 spiro atoms. The molecule has 2 heterocycles. The summed E-state index contributed by atoms with van der Waals surface area (Å²) in [6.07, 6.45) is 0.302. The Labute approximate surface area is 113 Å². The quantitative estimate of drug-likeness (QED) is 0.873. The fraction of sp³-hybridized carbons (Fsp3) is 0.250. The topological polar surface area (TPSA) is 92.4 Å². The van der Waals surface area contributed by atoms with Gasteiger partial charge in [0.15, 0.2) is 11.5 Å². The van der Waals surface area contributed by atoms with Gasteiger partial charge in [0.05, 0.1) is 4.88 Å². The van der Waals surface area contributed by atoms with Crippen LogP contribution in [-0.4, -0.2) is 28.2 Å². The molecule has 7 heteroatoms. The number of hydrogen-bond acceptors (Lipinski definition) is 5. The van der Waals surface area contributed by atoms with E-state index in [2.05, 4.69) is 10.5 Å². The molecule has 100 valence electrons. The zero-order valence-corrected chi connectivity index (χ0v) is 10.9. The number of carbonyl (C=O) groups excluding carboxylic acids is 1. The van der Waals surface area contributed by atoms with Gasteiger partial charge in [0.2, 0.25) is 0 Å². The average Bonchev–Trinajstić information content (AvgIpc) is 3.04. The summed E-state index contributed by atoms with van der Waals surface area (Å²) in [5.41, 5.74) is 0.0723. The van der Waals surface area contributed by atoms with Crippen molar-refractivity contribution in [3.8, 4) is 10.6 Å². The zero-order chi connectivity index (χ0) is 13.8. The van der Waals surface area contributed by atoms with Crippen molar-refractivity contribution < 1.29 is 19.2 Å². The van der Waals surface area contributed by atoms with Gasteiger partial charge in [0, 0.05) is 6.07 Å². The van der Waals surface area contributed by atoms with E-state index in [0.717, 1.165) is 4.88 Å². The molecule has 0 saturated heterocycles. The van der Waals surface area contributed by atoms with Gasteiger partial charge in [-0.05, 0) is 17.9 Å². The first-order chi connectivity index (χ1) is 9.11. The minimum Gasteiger partial charge on any atom is -0.480 e. The molecule has 0 aromatic carbocycles. The zero-order valence-electron chi connectivity index (χ0n) is 10.1. The number of hydrogen-bond donors (Lipinski definition) is 2. The summed E-state index contributed by atoms with van der Waals surface area (Å²) in [6, 6.07) is 4.28. The van der Waals surface area contributed by atoms with E-state index in [0.29, 0.717) is 12.2 Å². The second kappa shape index (κ2) is 5.66. The third-order valence-electron chi connectivity index (χ3n) is 2.52. The van der Waals surface area contributed by atoms with Crippen molar-refractivity contribution >= 4 is 23.2 Å². The van der Waals surface area contributed by atoms with Gasteiger partial charge in [-0.2, -0.15) is 0 Å². The summed E-state index contributed by atoms with van der Waals surface area (Å²) in [4.78, 5) is 23.5. The van der Waals surface area contributed by atoms with E-state index in [9.17, 15) is 9.59 Å². The van der Waals surface area contributed by atoms with Crippen LogP contribution in [0.5, 0.6) is 0 Å². The lowest BCUT2D eigenvalue weighted by molar-refractivity contribution is -0.139. The van der Waals surface area contributed by atoms with Crippen LogP contribution in [0.15, 0.2) is 28.1 Å². The molecule has 19 heavy (non-hydrogen) atoms. The van der Waals surface area contributed by atoms with Crippen LogP contribution < -0.4 is 5.32 Å². The largest absolute Gasteiger partial charge is 0.480 e. The minimum atomic E-state index is -1.07. The van der Waals surface area contributed by atoms with Crippen molar-refractivity contribution in [2.24, 2.45) is 0 Å². The third kappa shape index (κ3) is 3.00. The van der Waals surface area contributed by atoms with Crippen molar-refractivity contribution in [3.05, 3.63) is 29.3 Å². The highest BCUT2D eigenvalue weighted by molar-refractivity contribution is 7.13. The second-order valence-electron chi connectivity index (χ2n) is 3.83. The molecule has 0 aliphatic rings. The van der Waals surface area contributed by atoms with E-state index in [4.69, 9.17) is 9.63 Å². The molecule has 0 radical (unpaired) electrons. The maximum atomic E-state index is 11.8. The van der Waals surface area contributed by atoms with Gasteiger partial charge in [-0.1, -0.05) is 18.1 Å². The Hall–Kier alpha value is -2.15. The Morgan fingerprint density at radius 2 is 2.37 bits per heavy atom. The van der Waals surface area contributed by atoms with E-state index in [1.165, 1.54) is 17.4 Å². The van der Waals surface area contributed by atoms with E-state index in [-0.39, 0.29) is 5.69 Å². The maximum absolute atomic E-state index is 11.8. The molecular formula is C12H12N2O4S. The van der Waals surface area contributed by atoms with Crippen molar-refractivity contribution in [1.29, 1.82) is 0 Å². The summed E-state index contributed by atoms with van der Waals surface area (Å²) in [5, 5.41) is 16.8. The number of carboxylic acids is 1. The molecule has 0 aliphatic carbocycles. The number of nitrogens with zero attached hydrogens (tertiary/aromatic N) is 1. The molecule has 0 fully saturated rings.